The molecule has 0 fully saturated rings. The van der Waals surface area contributed by atoms with Crippen molar-refractivity contribution in [2.24, 2.45) is 0 Å². The molecule has 7 nitrogen and oxygen atoms in total. The van der Waals surface area contributed by atoms with Crippen molar-refractivity contribution < 1.29 is 24.3 Å². The Labute approximate surface area is 165 Å². The van der Waals surface area contributed by atoms with Crippen LogP contribution in [0.4, 0.5) is 11.4 Å². The minimum Gasteiger partial charge on any atom is -0.478 e. The zero-order valence-electron chi connectivity index (χ0n) is 15.0. The molecular formula is C22H14N2O5. The number of carboxylic acid groups (broad SMARTS) is 1. The number of imide groups is 1. The maximum atomic E-state index is 12.7. The Morgan fingerprint density at radius 1 is 0.759 bits per heavy atom. The molecule has 1 aliphatic heterocycles. The van der Waals surface area contributed by atoms with Gasteiger partial charge in [-0.3, -0.25) is 14.4 Å². The first-order chi connectivity index (χ1) is 14.0. The first-order valence-corrected chi connectivity index (χ1v) is 8.68. The second-order valence-electron chi connectivity index (χ2n) is 6.38. The molecule has 3 aromatic carbocycles. The molecule has 0 atom stereocenters. The smallest absolute Gasteiger partial charge is 0.335 e. The van der Waals surface area contributed by atoms with E-state index in [0.717, 1.165) is 4.90 Å². The van der Waals surface area contributed by atoms with Crippen LogP contribution in [0.2, 0.25) is 0 Å². The van der Waals surface area contributed by atoms with Crippen LogP contribution in [0, 0.1) is 0 Å². The SMILES string of the molecule is O=C(O)c1ccc2c(c1)C(=O)N(c1ccc(NC(=O)c3ccccc3)cc1)C2=O. The summed E-state index contributed by atoms with van der Waals surface area (Å²) in [7, 11) is 0. The highest BCUT2D eigenvalue weighted by Crippen LogP contribution is 2.30. The highest BCUT2D eigenvalue weighted by molar-refractivity contribution is 6.34. The highest BCUT2D eigenvalue weighted by atomic mass is 16.4. The molecule has 142 valence electrons. The number of carboxylic acids is 1. The molecule has 0 unspecified atom stereocenters. The molecule has 29 heavy (non-hydrogen) atoms. The molecule has 0 bridgehead atoms. The summed E-state index contributed by atoms with van der Waals surface area (Å²) in [4.78, 5) is 49.6. The summed E-state index contributed by atoms with van der Waals surface area (Å²) in [5.74, 6) is -2.57. The topological polar surface area (TPSA) is 104 Å². The van der Waals surface area contributed by atoms with Crippen molar-refractivity contribution >= 4 is 35.1 Å². The molecule has 3 aromatic rings. The third-order valence-electron chi connectivity index (χ3n) is 4.55. The third kappa shape index (κ3) is 3.25. The van der Waals surface area contributed by atoms with Crippen molar-refractivity contribution in [2.75, 3.05) is 10.2 Å². The van der Waals surface area contributed by atoms with Gasteiger partial charge in [-0.1, -0.05) is 18.2 Å². The summed E-state index contributed by atoms with van der Waals surface area (Å²) < 4.78 is 0. The maximum absolute atomic E-state index is 12.7. The lowest BCUT2D eigenvalue weighted by atomic mass is 10.1. The van der Waals surface area contributed by atoms with Crippen LogP contribution >= 0.6 is 0 Å². The Morgan fingerprint density at radius 2 is 1.41 bits per heavy atom. The second-order valence-corrected chi connectivity index (χ2v) is 6.38. The predicted octanol–water partition coefficient (Wildman–Crippen LogP) is 3.44. The number of hydrogen-bond donors (Lipinski definition) is 2. The number of fused-ring (bicyclic) bond motifs is 1. The highest BCUT2D eigenvalue weighted by Gasteiger charge is 2.37. The fraction of sp³-hybridized carbons (Fsp3) is 0. The van der Waals surface area contributed by atoms with Crippen molar-refractivity contribution in [3.05, 3.63) is 95.1 Å². The lowest BCUT2D eigenvalue weighted by molar-refractivity contribution is 0.0696. The number of carbonyl (C=O) groups is 4. The van der Waals surface area contributed by atoms with Gasteiger partial charge in [0.25, 0.3) is 17.7 Å². The van der Waals surface area contributed by atoms with Crippen LogP contribution in [0.15, 0.2) is 72.8 Å². The van der Waals surface area contributed by atoms with Gasteiger partial charge in [0, 0.05) is 11.3 Å². The van der Waals surface area contributed by atoms with Crippen LogP contribution in [0.5, 0.6) is 0 Å². The predicted molar refractivity (Wildman–Crippen MR) is 105 cm³/mol. The average Bonchev–Trinajstić information content (AvgIpc) is 2.99. The Kier molecular flexibility index (Phi) is 4.40. The van der Waals surface area contributed by atoms with E-state index >= 15 is 0 Å². The van der Waals surface area contributed by atoms with Crippen LogP contribution in [-0.2, 0) is 0 Å². The van der Waals surface area contributed by atoms with Crippen LogP contribution in [0.3, 0.4) is 0 Å². The van der Waals surface area contributed by atoms with Crippen LogP contribution in [0.1, 0.15) is 41.4 Å². The van der Waals surface area contributed by atoms with Crippen LogP contribution < -0.4 is 10.2 Å². The van der Waals surface area contributed by atoms with Crippen molar-refractivity contribution in [3.8, 4) is 0 Å². The van der Waals surface area contributed by atoms with Crippen molar-refractivity contribution in [1.82, 2.24) is 0 Å². The van der Waals surface area contributed by atoms with Gasteiger partial charge in [-0.05, 0) is 54.6 Å². The summed E-state index contributed by atoms with van der Waals surface area (Å²) in [5.41, 5.74) is 1.48. The van der Waals surface area contributed by atoms with Crippen molar-refractivity contribution in [2.45, 2.75) is 0 Å². The first-order valence-electron chi connectivity index (χ1n) is 8.68. The summed E-state index contributed by atoms with van der Waals surface area (Å²) >= 11 is 0. The lowest BCUT2D eigenvalue weighted by Crippen LogP contribution is -2.29. The van der Waals surface area contributed by atoms with Gasteiger partial charge in [-0.2, -0.15) is 0 Å². The molecule has 0 saturated heterocycles. The minimum absolute atomic E-state index is 0.0522. The quantitative estimate of drug-likeness (QED) is 0.669. The number of amides is 3. The number of aromatic carboxylic acids is 1. The lowest BCUT2D eigenvalue weighted by Gasteiger charge is -2.14. The normalized spacial score (nSPS) is 12.6. The average molecular weight is 386 g/mol. The van der Waals surface area contributed by atoms with Crippen LogP contribution in [-0.4, -0.2) is 28.8 Å². The molecule has 7 heteroatoms. The molecule has 3 amide bonds. The van der Waals surface area contributed by atoms with E-state index in [2.05, 4.69) is 5.32 Å². The fourth-order valence-corrected chi connectivity index (χ4v) is 3.09. The van der Waals surface area contributed by atoms with Gasteiger partial charge in [0.15, 0.2) is 0 Å². The van der Waals surface area contributed by atoms with E-state index in [1.165, 1.54) is 18.2 Å². The van der Waals surface area contributed by atoms with E-state index in [0.29, 0.717) is 16.9 Å². The van der Waals surface area contributed by atoms with E-state index in [4.69, 9.17) is 5.11 Å². The molecule has 1 aliphatic rings. The van der Waals surface area contributed by atoms with Gasteiger partial charge in [-0.15, -0.1) is 0 Å². The number of benzene rings is 3. The largest absolute Gasteiger partial charge is 0.478 e. The molecule has 0 aromatic heterocycles. The summed E-state index contributed by atoms with van der Waals surface area (Å²) in [6.07, 6.45) is 0. The second kappa shape index (κ2) is 7.05. The number of nitrogens with zero attached hydrogens (tertiary/aromatic N) is 1. The summed E-state index contributed by atoms with van der Waals surface area (Å²) in [5, 5.41) is 11.8. The molecule has 0 aliphatic carbocycles. The van der Waals surface area contributed by atoms with E-state index in [1.807, 2.05) is 6.07 Å². The van der Waals surface area contributed by atoms with Crippen molar-refractivity contribution in [1.29, 1.82) is 0 Å². The monoisotopic (exact) mass is 386 g/mol. The van der Waals surface area contributed by atoms with Crippen LogP contribution in [0.25, 0.3) is 0 Å². The Morgan fingerprint density at radius 3 is 2.07 bits per heavy atom. The third-order valence-corrected chi connectivity index (χ3v) is 4.55. The molecule has 4 rings (SSSR count). The Balaban J connectivity index is 1.56. The number of hydrogen-bond acceptors (Lipinski definition) is 4. The van der Waals surface area contributed by atoms with Gasteiger partial charge < -0.3 is 10.4 Å². The number of rotatable bonds is 4. The van der Waals surface area contributed by atoms with E-state index in [1.54, 1.807) is 48.5 Å². The van der Waals surface area contributed by atoms with Gasteiger partial charge in [0.05, 0.1) is 22.4 Å². The van der Waals surface area contributed by atoms with Gasteiger partial charge >= 0.3 is 5.97 Å². The van der Waals surface area contributed by atoms with Gasteiger partial charge in [0.2, 0.25) is 0 Å². The number of nitrogens with one attached hydrogen (secondary N) is 1. The molecule has 0 spiro atoms. The zero-order chi connectivity index (χ0) is 20.5. The first kappa shape index (κ1) is 18.1. The zero-order valence-corrected chi connectivity index (χ0v) is 15.0. The fourth-order valence-electron chi connectivity index (χ4n) is 3.09. The molecule has 0 saturated carbocycles. The molecule has 0 radical (unpaired) electrons. The standard InChI is InChI=1S/C22H14N2O5/c25-19(13-4-2-1-3-5-13)23-15-7-9-16(10-8-15)24-20(26)17-11-6-14(22(28)29)12-18(17)21(24)27/h1-12H,(H,23,25)(H,28,29). The molecule has 2 N–H and O–H groups in total. The minimum atomic E-state index is -1.18. The summed E-state index contributed by atoms with van der Waals surface area (Å²) in [6, 6.07) is 18.8. The van der Waals surface area contributed by atoms with E-state index < -0.39 is 17.8 Å². The molecule has 1 heterocycles. The van der Waals surface area contributed by atoms with Crippen molar-refractivity contribution in [3.63, 3.8) is 0 Å². The summed E-state index contributed by atoms with van der Waals surface area (Å²) in [6.45, 7) is 0. The Bertz CT molecular complexity index is 1150. The maximum Gasteiger partial charge on any atom is 0.335 e. The number of carbonyl (C=O) groups excluding carboxylic acids is 3. The van der Waals surface area contributed by atoms with E-state index in [9.17, 15) is 19.2 Å². The molecular weight excluding hydrogens is 372 g/mol. The van der Waals surface area contributed by atoms with Gasteiger partial charge in [-0.25, -0.2) is 9.69 Å². The Hall–Kier alpha value is -4.26. The number of anilines is 2. The van der Waals surface area contributed by atoms with E-state index in [-0.39, 0.29) is 22.6 Å². The van der Waals surface area contributed by atoms with Gasteiger partial charge in [0.1, 0.15) is 0 Å².